The van der Waals surface area contributed by atoms with Crippen LogP contribution in [-0.4, -0.2) is 45.4 Å². The maximum atomic E-state index is 12.8. The smallest absolute Gasteiger partial charge is 0.387 e. The van der Waals surface area contributed by atoms with E-state index in [1.165, 1.54) is 41.7 Å². The minimum absolute atomic E-state index is 0.0436. The Balaban J connectivity index is 2.21. The first-order chi connectivity index (χ1) is 14.6. The number of hydrogen-bond acceptors (Lipinski definition) is 5. The highest BCUT2D eigenvalue weighted by atomic mass is 32.2. The summed E-state index contributed by atoms with van der Waals surface area (Å²) in [4.78, 5) is 12.8. The number of rotatable bonds is 10. The summed E-state index contributed by atoms with van der Waals surface area (Å²) < 4.78 is 61.1. The van der Waals surface area contributed by atoms with Crippen molar-refractivity contribution in [2.24, 2.45) is 0 Å². The highest BCUT2D eigenvalue weighted by molar-refractivity contribution is 7.89. The van der Waals surface area contributed by atoms with Crippen molar-refractivity contribution in [3.63, 3.8) is 0 Å². The van der Waals surface area contributed by atoms with E-state index in [-0.39, 0.29) is 28.5 Å². The van der Waals surface area contributed by atoms with Crippen molar-refractivity contribution in [2.75, 3.05) is 20.2 Å². The summed E-state index contributed by atoms with van der Waals surface area (Å²) in [5.41, 5.74) is 1.45. The van der Waals surface area contributed by atoms with Crippen LogP contribution >= 0.6 is 0 Å². The second-order valence-electron chi connectivity index (χ2n) is 6.61. The molecule has 0 bridgehead atoms. The molecule has 2 aromatic rings. The number of hydrogen-bond donors (Lipinski definition) is 1. The summed E-state index contributed by atoms with van der Waals surface area (Å²) in [6, 6.07) is 8.76. The van der Waals surface area contributed by atoms with Crippen LogP contribution in [0.3, 0.4) is 0 Å². The Morgan fingerprint density at radius 3 is 2.35 bits per heavy atom. The first-order valence-electron chi connectivity index (χ1n) is 9.64. The Kier molecular flexibility index (Phi) is 8.35. The minimum Gasteiger partial charge on any atom is -0.493 e. The predicted molar refractivity (Wildman–Crippen MR) is 112 cm³/mol. The van der Waals surface area contributed by atoms with Gasteiger partial charge in [-0.15, -0.1) is 0 Å². The number of aryl methyl sites for hydroxylation is 1. The van der Waals surface area contributed by atoms with Gasteiger partial charge in [-0.2, -0.15) is 13.1 Å². The summed E-state index contributed by atoms with van der Waals surface area (Å²) in [5.74, 6) is -0.464. The molecule has 0 fully saturated rings. The van der Waals surface area contributed by atoms with Gasteiger partial charge in [-0.25, -0.2) is 8.42 Å². The van der Waals surface area contributed by atoms with E-state index in [4.69, 9.17) is 4.74 Å². The lowest BCUT2D eigenvalue weighted by Crippen LogP contribution is -2.31. The molecule has 0 aliphatic heterocycles. The zero-order valence-corrected chi connectivity index (χ0v) is 18.6. The zero-order valence-electron chi connectivity index (χ0n) is 17.8. The van der Waals surface area contributed by atoms with Gasteiger partial charge in [0.15, 0.2) is 11.5 Å². The molecule has 0 spiro atoms. The topological polar surface area (TPSA) is 84.9 Å². The molecule has 0 saturated carbocycles. The molecule has 0 aliphatic rings. The van der Waals surface area contributed by atoms with Crippen molar-refractivity contribution in [1.29, 1.82) is 0 Å². The van der Waals surface area contributed by atoms with Crippen molar-refractivity contribution in [3.8, 4) is 11.5 Å². The molecule has 31 heavy (non-hydrogen) atoms. The van der Waals surface area contributed by atoms with E-state index in [0.717, 1.165) is 0 Å². The van der Waals surface area contributed by atoms with Gasteiger partial charge in [0.1, 0.15) is 0 Å². The Hall–Kier alpha value is -2.72. The Labute approximate surface area is 181 Å². The maximum Gasteiger partial charge on any atom is 0.387 e. The largest absolute Gasteiger partial charge is 0.493 e. The quantitative estimate of drug-likeness (QED) is 0.591. The van der Waals surface area contributed by atoms with E-state index in [1.54, 1.807) is 26.8 Å². The van der Waals surface area contributed by atoms with E-state index in [2.05, 4.69) is 10.1 Å². The van der Waals surface area contributed by atoms with Crippen LogP contribution < -0.4 is 14.8 Å². The van der Waals surface area contributed by atoms with Crippen LogP contribution in [0, 0.1) is 6.92 Å². The van der Waals surface area contributed by atoms with Crippen LogP contribution in [0.1, 0.15) is 35.3 Å². The maximum absolute atomic E-state index is 12.8. The van der Waals surface area contributed by atoms with E-state index in [0.29, 0.717) is 24.2 Å². The van der Waals surface area contributed by atoms with Gasteiger partial charge in [0, 0.05) is 25.2 Å². The van der Waals surface area contributed by atoms with E-state index in [1.807, 2.05) is 0 Å². The molecule has 10 heteroatoms. The van der Waals surface area contributed by atoms with E-state index in [9.17, 15) is 22.0 Å². The third kappa shape index (κ3) is 5.92. The summed E-state index contributed by atoms with van der Waals surface area (Å²) >= 11 is 0. The second kappa shape index (κ2) is 10.5. The third-order valence-electron chi connectivity index (χ3n) is 4.69. The molecule has 0 heterocycles. The van der Waals surface area contributed by atoms with Gasteiger partial charge in [-0.05, 0) is 42.3 Å². The normalized spacial score (nSPS) is 11.6. The van der Waals surface area contributed by atoms with Crippen LogP contribution in [0.15, 0.2) is 41.3 Å². The van der Waals surface area contributed by atoms with Crippen molar-refractivity contribution < 1.29 is 31.5 Å². The fourth-order valence-electron chi connectivity index (χ4n) is 3.01. The molecular formula is C21H26F2N2O5S. The van der Waals surface area contributed by atoms with Gasteiger partial charge in [-0.1, -0.05) is 26.0 Å². The Morgan fingerprint density at radius 2 is 1.77 bits per heavy atom. The van der Waals surface area contributed by atoms with Gasteiger partial charge in [0.05, 0.1) is 12.0 Å². The molecular weight excluding hydrogens is 430 g/mol. The number of carbonyl (C=O) groups is 1. The number of methoxy groups -OCH3 is 1. The van der Waals surface area contributed by atoms with Gasteiger partial charge in [0.25, 0.3) is 5.91 Å². The van der Waals surface area contributed by atoms with Gasteiger partial charge < -0.3 is 14.8 Å². The van der Waals surface area contributed by atoms with Crippen molar-refractivity contribution in [3.05, 3.63) is 53.1 Å². The van der Waals surface area contributed by atoms with Crippen molar-refractivity contribution in [1.82, 2.24) is 9.62 Å². The van der Waals surface area contributed by atoms with Gasteiger partial charge in [-0.3, -0.25) is 4.79 Å². The van der Waals surface area contributed by atoms with E-state index < -0.39 is 22.5 Å². The summed E-state index contributed by atoms with van der Waals surface area (Å²) in [7, 11) is -2.38. The number of alkyl halides is 2. The van der Waals surface area contributed by atoms with Crippen LogP contribution in [-0.2, 0) is 16.6 Å². The monoisotopic (exact) mass is 456 g/mol. The highest BCUT2D eigenvalue weighted by Gasteiger charge is 2.23. The SMILES string of the molecule is CCN(CC)S(=O)(=O)c1ccc(C)c(C(=O)NCc2ccc(OC(F)F)c(OC)c2)c1. The Morgan fingerprint density at radius 1 is 1.10 bits per heavy atom. The summed E-state index contributed by atoms with van der Waals surface area (Å²) in [6.45, 7) is 2.94. The average Bonchev–Trinajstić information content (AvgIpc) is 2.73. The van der Waals surface area contributed by atoms with Crippen molar-refractivity contribution in [2.45, 2.75) is 38.8 Å². The predicted octanol–water partition coefficient (Wildman–Crippen LogP) is 3.57. The lowest BCUT2D eigenvalue weighted by atomic mass is 10.1. The van der Waals surface area contributed by atoms with Crippen LogP contribution in [0.4, 0.5) is 8.78 Å². The zero-order chi connectivity index (χ0) is 23.2. The highest BCUT2D eigenvalue weighted by Crippen LogP contribution is 2.29. The number of halogens is 2. The van der Waals surface area contributed by atoms with Crippen LogP contribution in [0.5, 0.6) is 11.5 Å². The number of nitrogens with one attached hydrogen (secondary N) is 1. The molecule has 0 aliphatic carbocycles. The average molecular weight is 457 g/mol. The molecule has 7 nitrogen and oxygen atoms in total. The fourth-order valence-corrected chi connectivity index (χ4v) is 4.50. The lowest BCUT2D eigenvalue weighted by molar-refractivity contribution is -0.0512. The van der Waals surface area contributed by atoms with Crippen LogP contribution in [0.25, 0.3) is 0 Å². The molecule has 1 amide bonds. The molecule has 1 N–H and O–H groups in total. The number of amides is 1. The van der Waals surface area contributed by atoms with Crippen LogP contribution in [0.2, 0.25) is 0 Å². The summed E-state index contributed by atoms with van der Waals surface area (Å²) in [5, 5.41) is 2.71. The van der Waals surface area contributed by atoms with Gasteiger partial charge in [0.2, 0.25) is 10.0 Å². The molecule has 0 atom stereocenters. The molecule has 2 rings (SSSR count). The number of carbonyl (C=O) groups excluding carboxylic acids is 1. The molecule has 0 aromatic heterocycles. The second-order valence-corrected chi connectivity index (χ2v) is 8.55. The fraction of sp³-hybridized carbons (Fsp3) is 0.381. The third-order valence-corrected chi connectivity index (χ3v) is 6.74. The first kappa shape index (κ1) is 24.5. The number of sulfonamides is 1. The summed E-state index contributed by atoms with van der Waals surface area (Å²) in [6.07, 6.45) is 0. The van der Waals surface area contributed by atoms with Crippen molar-refractivity contribution >= 4 is 15.9 Å². The standard InChI is InChI=1S/C21H26F2N2O5S/c1-5-25(6-2)31(27,28)16-9-7-14(3)17(12-16)20(26)24-13-15-8-10-18(30-21(22)23)19(11-15)29-4/h7-12,21H,5-6,13H2,1-4H3,(H,24,26). The first-order valence-corrected chi connectivity index (χ1v) is 11.1. The molecule has 170 valence electrons. The lowest BCUT2D eigenvalue weighted by Gasteiger charge is -2.19. The number of benzene rings is 2. The van der Waals surface area contributed by atoms with Gasteiger partial charge >= 0.3 is 6.61 Å². The minimum atomic E-state index is -3.70. The Bertz CT molecular complexity index is 1020. The molecule has 0 saturated heterocycles. The molecule has 2 aromatic carbocycles. The molecule has 0 radical (unpaired) electrons. The number of nitrogens with zero attached hydrogens (tertiary/aromatic N) is 1. The molecule has 0 unspecified atom stereocenters. The number of ether oxygens (including phenoxy) is 2. The van der Waals surface area contributed by atoms with E-state index >= 15 is 0 Å².